The molecule has 0 aromatic carbocycles. The van der Waals surface area contributed by atoms with Gasteiger partial charge in [0.15, 0.2) is 0 Å². The van der Waals surface area contributed by atoms with E-state index in [1.54, 1.807) is 18.2 Å². The van der Waals surface area contributed by atoms with Gasteiger partial charge in [-0.3, -0.25) is 0 Å². The van der Waals surface area contributed by atoms with Crippen molar-refractivity contribution in [3.8, 4) is 0 Å². The molecule has 2 unspecified atom stereocenters. The Balaban J connectivity index is 2.11. The third-order valence-corrected chi connectivity index (χ3v) is 2.98. The fourth-order valence-electron chi connectivity index (χ4n) is 1.99. The van der Waals surface area contributed by atoms with Crippen LogP contribution in [0.3, 0.4) is 0 Å². The molecule has 17 heavy (non-hydrogen) atoms. The number of hydrogen-bond donors (Lipinski definition) is 4. The zero-order valence-corrected chi connectivity index (χ0v) is 9.09. The summed E-state index contributed by atoms with van der Waals surface area (Å²) in [6.45, 7) is -0.437. The first-order valence-corrected chi connectivity index (χ1v) is 5.44. The topological polar surface area (TPSA) is 99.4 Å². The number of aliphatic hydroxyl groups excluding tert-OH is 4. The molecule has 4 N–H and O–H groups in total. The molecule has 0 radical (unpaired) electrons. The Labute approximate surface area is 98.4 Å². The van der Waals surface area contributed by atoms with E-state index >= 15 is 0 Å². The quantitative estimate of drug-likeness (QED) is 0.462. The standard InChI is InChI=1S/C11H16O6/c12-5-7-8(13)9(14)10(15)11(17-7)6-3-1-2-4-16-6/h1-4,6-15H,5H2/t6?,7-,8+,9+,10-,11?/m1/s1. The third kappa shape index (κ3) is 2.36. The number of allylic oxidation sites excluding steroid dienone is 2. The van der Waals surface area contributed by atoms with Crippen LogP contribution in [0.2, 0.25) is 0 Å². The van der Waals surface area contributed by atoms with Crippen LogP contribution in [0.5, 0.6) is 0 Å². The van der Waals surface area contributed by atoms with Gasteiger partial charge in [-0.1, -0.05) is 6.08 Å². The van der Waals surface area contributed by atoms with Crippen LogP contribution < -0.4 is 0 Å². The highest BCUT2D eigenvalue weighted by atomic mass is 16.6. The van der Waals surface area contributed by atoms with Crippen molar-refractivity contribution in [3.63, 3.8) is 0 Å². The minimum atomic E-state index is -1.37. The summed E-state index contributed by atoms with van der Waals surface area (Å²) in [5.41, 5.74) is 0. The van der Waals surface area contributed by atoms with E-state index in [1.807, 2.05) is 0 Å². The second kappa shape index (κ2) is 5.16. The third-order valence-electron chi connectivity index (χ3n) is 2.98. The van der Waals surface area contributed by atoms with Gasteiger partial charge in [0.1, 0.15) is 36.6 Å². The molecule has 96 valence electrons. The summed E-state index contributed by atoms with van der Waals surface area (Å²) in [7, 11) is 0. The first kappa shape index (κ1) is 12.5. The normalized spacial score (nSPS) is 45.6. The second-order valence-corrected chi connectivity index (χ2v) is 4.11. The maximum atomic E-state index is 9.82. The lowest BCUT2D eigenvalue weighted by Gasteiger charge is -2.42. The van der Waals surface area contributed by atoms with Gasteiger partial charge >= 0.3 is 0 Å². The Hall–Kier alpha value is -0.920. The molecule has 0 bridgehead atoms. The van der Waals surface area contributed by atoms with Crippen molar-refractivity contribution < 1.29 is 29.9 Å². The summed E-state index contributed by atoms with van der Waals surface area (Å²) in [5.74, 6) is 0. The molecule has 6 heteroatoms. The van der Waals surface area contributed by atoms with Gasteiger partial charge in [0.2, 0.25) is 0 Å². The van der Waals surface area contributed by atoms with E-state index in [4.69, 9.17) is 14.6 Å². The Morgan fingerprint density at radius 2 is 1.76 bits per heavy atom. The van der Waals surface area contributed by atoms with Gasteiger partial charge in [-0.25, -0.2) is 0 Å². The molecule has 1 fully saturated rings. The summed E-state index contributed by atoms with van der Waals surface area (Å²) >= 11 is 0. The molecule has 2 rings (SSSR count). The average Bonchev–Trinajstić information content (AvgIpc) is 2.37. The van der Waals surface area contributed by atoms with Crippen LogP contribution in [0.4, 0.5) is 0 Å². The molecule has 0 aromatic rings. The predicted molar refractivity (Wildman–Crippen MR) is 56.9 cm³/mol. The number of rotatable bonds is 2. The zero-order valence-electron chi connectivity index (χ0n) is 9.09. The number of ether oxygens (including phenoxy) is 2. The van der Waals surface area contributed by atoms with Crippen molar-refractivity contribution in [1.82, 2.24) is 0 Å². The average molecular weight is 244 g/mol. The van der Waals surface area contributed by atoms with Crippen LogP contribution in [0.1, 0.15) is 0 Å². The molecule has 2 aliphatic rings. The van der Waals surface area contributed by atoms with E-state index in [0.717, 1.165) is 0 Å². The van der Waals surface area contributed by atoms with E-state index in [-0.39, 0.29) is 0 Å². The monoisotopic (exact) mass is 244 g/mol. The molecular formula is C11H16O6. The highest BCUT2D eigenvalue weighted by Crippen LogP contribution is 2.25. The molecular weight excluding hydrogens is 228 g/mol. The Morgan fingerprint density at radius 3 is 2.35 bits per heavy atom. The van der Waals surface area contributed by atoms with Crippen LogP contribution >= 0.6 is 0 Å². The summed E-state index contributed by atoms with van der Waals surface area (Å²) < 4.78 is 10.6. The molecule has 2 heterocycles. The summed E-state index contributed by atoms with van der Waals surface area (Å²) in [6, 6.07) is 0. The number of hydrogen-bond acceptors (Lipinski definition) is 6. The predicted octanol–water partition coefficient (Wildman–Crippen LogP) is -1.70. The van der Waals surface area contributed by atoms with Gasteiger partial charge in [0, 0.05) is 0 Å². The molecule has 0 aliphatic carbocycles. The van der Waals surface area contributed by atoms with Gasteiger partial charge in [-0.15, -0.1) is 0 Å². The SMILES string of the molecule is OC[C@H]1OC(C2C=CC=CO2)[C@H](O)[C@@H](O)[C@H]1O. The summed E-state index contributed by atoms with van der Waals surface area (Å²) in [6.07, 6.45) is 0.283. The molecule has 2 aliphatic heterocycles. The van der Waals surface area contributed by atoms with E-state index in [9.17, 15) is 15.3 Å². The largest absolute Gasteiger partial charge is 0.491 e. The van der Waals surface area contributed by atoms with Crippen molar-refractivity contribution >= 4 is 0 Å². The molecule has 0 amide bonds. The van der Waals surface area contributed by atoms with Crippen molar-refractivity contribution in [2.75, 3.05) is 6.61 Å². The van der Waals surface area contributed by atoms with Gasteiger partial charge in [-0.05, 0) is 12.2 Å². The van der Waals surface area contributed by atoms with E-state index in [2.05, 4.69) is 0 Å². The lowest BCUT2D eigenvalue weighted by atomic mass is 9.92. The second-order valence-electron chi connectivity index (χ2n) is 4.11. The van der Waals surface area contributed by atoms with Crippen molar-refractivity contribution in [2.24, 2.45) is 0 Å². The highest BCUT2D eigenvalue weighted by Gasteiger charge is 2.46. The van der Waals surface area contributed by atoms with Crippen LogP contribution in [0.25, 0.3) is 0 Å². The minimum absolute atomic E-state index is 0.437. The van der Waals surface area contributed by atoms with Crippen LogP contribution in [0.15, 0.2) is 24.5 Å². The number of aliphatic hydroxyl groups is 4. The van der Waals surface area contributed by atoms with E-state index in [0.29, 0.717) is 0 Å². The lowest BCUT2D eigenvalue weighted by Crippen LogP contribution is -2.61. The fraction of sp³-hybridized carbons (Fsp3) is 0.636. The Kier molecular flexibility index (Phi) is 3.80. The minimum Gasteiger partial charge on any atom is -0.491 e. The molecule has 0 saturated carbocycles. The Bertz CT molecular complexity index is 313. The van der Waals surface area contributed by atoms with Crippen molar-refractivity contribution in [1.29, 1.82) is 0 Å². The maximum Gasteiger partial charge on any atom is 0.145 e. The van der Waals surface area contributed by atoms with Gasteiger partial charge in [-0.2, -0.15) is 0 Å². The van der Waals surface area contributed by atoms with E-state index in [1.165, 1.54) is 6.26 Å². The highest BCUT2D eigenvalue weighted by molar-refractivity contribution is 5.11. The molecule has 6 nitrogen and oxygen atoms in total. The van der Waals surface area contributed by atoms with Gasteiger partial charge in [0.25, 0.3) is 0 Å². The molecule has 1 saturated heterocycles. The smallest absolute Gasteiger partial charge is 0.145 e. The van der Waals surface area contributed by atoms with Crippen LogP contribution in [-0.2, 0) is 9.47 Å². The van der Waals surface area contributed by atoms with Crippen LogP contribution in [0, 0.1) is 0 Å². The molecule has 0 spiro atoms. The first-order chi connectivity index (χ1) is 8.15. The molecule has 6 atom stereocenters. The van der Waals surface area contributed by atoms with Gasteiger partial charge in [0.05, 0.1) is 12.9 Å². The molecule has 0 aromatic heterocycles. The summed E-state index contributed by atoms with van der Waals surface area (Å²) in [5, 5.41) is 38.1. The summed E-state index contributed by atoms with van der Waals surface area (Å²) in [4.78, 5) is 0. The van der Waals surface area contributed by atoms with Crippen molar-refractivity contribution in [3.05, 3.63) is 24.5 Å². The first-order valence-electron chi connectivity index (χ1n) is 5.44. The van der Waals surface area contributed by atoms with E-state index < -0.39 is 43.2 Å². The zero-order chi connectivity index (χ0) is 12.4. The van der Waals surface area contributed by atoms with Crippen LogP contribution in [-0.4, -0.2) is 63.7 Å². The fourth-order valence-corrected chi connectivity index (χ4v) is 1.99. The Morgan fingerprint density at radius 1 is 1.00 bits per heavy atom. The maximum absolute atomic E-state index is 9.82. The van der Waals surface area contributed by atoms with Gasteiger partial charge < -0.3 is 29.9 Å². The lowest BCUT2D eigenvalue weighted by molar-refractivity contribution is -0.244. The van der Waals surface area contributed by atoms with Crippen molar-refractivity contribution in [2.45, 2.75) is 36.6 Å².